The molecule has 142 valence electrons. The summed E-state index contributed by atoms with van der Waals surface area (Å²) in [6.45, 7) is 0.359. The Kier molecular flexibility index (Phi) is 6.79. The summed E-state index contributed by atoms with van der Waals surface area (Å²) >= 11 is 0. The number of ether oxygens (including phenoxy) is 1. The van der Waals surface area contributed by atoms with Crippen molar-refractivity contribution in [1.82, 2.24) is 5.32 Å². The highest BCUT2D eigenvalue weighted by Gasteiger charge is 2.18. The number of nitriles is 1. The second-order valence-corrected chi connectivity index (χ2v) is 7.78. The minimum atomic E-state index is -3.55. The van der Waals surface area contributed by atoms with Crippen molar-refractivity contribution in [3.63, 3.8) is 0 Å². The number of methoxy groups -OCH3 is 1. The molecule has 0 aliphatic heterocycles. The van der Waals surface area contributed by atoms with Gasteiger partial charge in [0.05, 0.1) is 30.7 Å². The lowest BCUT2D eigenvalue weighted by Gasteiger charge is -2.22. The van der Waals surface area contributed by atoms with E-state index in [1.54, 1.807) is 31.4 Å². The summed E-state index contributed by atoms with van der Waals surface area (Å²) in [5.41, 5.74) is 1.76. The lowest BCUT2D eigenvalue weighted by Crippen LogP contribution is -2.34. The first-order chi connectivity index (χ1) is 12.8. The average molecular weight is 387 g/mol. The number of hydrogen-bond acceptors (Lipinski definition) is 5. The maximum absolute atomic E-state index is 12.1. The van der Waals surface area contributed by atoms with E-state index in [1.807, 2.05) is 18.2 Å². The van der Waals surface area contributed by atoms with E-state index in [4.69, 9.17) is 10.00 Å². The zero-order valence-corrected chi connectivity index (χ0v) is 16.0. The number of nitrogens with one attached hydrogen (secondary N) is 1. The first kappa shape index (κ1) is 20.3. The Balaban J connectivity index is 1.95. The summed E-state index contributed by atoms with van der Waals surface area (Å²) in [5, 5.41) is 11.6. The standard InChI is InChI=1S/C19H21N3O4S/c1-26-18-9-5-16(6-10-18)14-21-19(23)11-12-22(27(2,24)25)17-7-3-15(13-20)4-8-17/h3-10H,11-12,14H2,1-2H3,(H,21,23). The van der Waals surface area contributed by atoms with E-state index in [9.17, 15) is 13.2 Å². The summed E-state index contributed by atoms with van der Waals surface area (Å²) in [7, 11) is -1.97. The number of benzene rings is 2. The monoisotopic (exact) mass is 387 g/mol. The predicted molar refractivity (Wildman–Crippen MR) is 103 cm³/mol. The lowest BCUT2D eigenvalue weighted by molar-refractivity contribution is -0.121. The van der Waals surface area contributed by atoms with E-state index in [0.29, 0.717) is 17.8 Å². The lowest BCUT2D eigenvalue weighted by atomic mass is 10.2. The van der Waals surface area contributed by atoms with Crippen molar-refractivity contribution in [3.8, 4) is 11.8 Å². The summed E-state index contributed by atoms with van der Waals surface area (Å²) < 4.78 is 30.3. The molecule has 1 N–H and O–H groups in total. The van der Waals surface area contributed by atoms with E-state index in [-0.39, 0.29) is 18.9 Å². The van der Waals surface area contributed by atoms with Gasteiger partial charge in [0.25, 0.3) is 0 Å². The highest BCUT2D eigenvalue weighted by molar-refractivity contribution is 7.92. The molecule has 7 nitrogen and oxygen atoms in total. The van der Waals surface area contributed by atoms with E-state index < -0.39 is 10.0 Å². The maximum Gasteiger partial charge on any atom is 0.232 e. The van der Waals surface area contributed by atoms with E-state index >= 15 is 0 Å². The van der Waals surface area contributed by atoms with Crippen LogP contribution < -0.4 is 14.4 Å². The molecule has 8 heteroatoms. The van der Waals surface area contributed by atoms with Crippen molar-refractivity contribution in [2.45, 2.75) is 13.0 Å². The molecule has 0 heterocycles. The fourth-order valence-corrected chi connectivity index (χ4v) is 3.35. The van der Waals surface area contributed by atoms with Gasteiger partial charge in [-0.3, -0.25) is 9.10 Å². The number of sulfonamides is 1. The maximum atomic E-state index is 12.1. The minimum absolute atomic E-state index is 0.0131. The summed E-state index contributed by atoms with van der Waals surface area (Å²) in [4.78, 5) is 12.1. The Hall–Kier alpha value is -3.05. The highest BCUT2D eigenvalue weighted by atomic mass is 32.2. The molecule has 0 atom stereocenters. The number of hydrogen-bond donors (Lipinski definition) is 1. The zero-order valence-electron chi connectivity index (χ0n) is 15.2. The Morgan fingerprint density at radius 3 is 2.30 bits per heavy atom. The van der Waals surface area contributed by atoms with Crippen LogP contribution in [0.2, 0.25) is 0 Å². The van der Waals surface area contributed by atoms with Gasteiger partial charge in [-0.1, -0.05) is 12.1 Å². The second kappa shape index (κ2) is 9.05. The summed E-state index contributed by atoms with van der Waals surface area (Å²) in [6.07, 6.45) is 1.10. The van der Waals surface area contributed by atoms with Gasteiger partial charge in [0, 0.05) is 19.5 Å². The number of nitrogens with zero attached hydrogens (tertiary/aromatic N) is 2. The van der Waals surface area contributed by atoms with Crippen LogP contribution in [0, 0.1) is 11.3 Å². The van der Waals surface area contributed by atoms with Crippen LogP contribution in [0.1, 0.15) is 17.5 Å². The molecular weight excluding hydrogens is 366 g/mol. The van der Waals surface area contributed by atoms with Crippen molar-refractivity contribution in [1.29, 1.82) is 5.26 Å². The molecule has 0 bridgehead atoms. The Bertz CT molecular complexity index is 917. The third kappa shape index (κ3) is 6.01. The smallest absolute Gasteiger partial charge is 0.232 e. The molecule has 0 aliphatic rings. The van der Waals surface area contributed by atoms with Crippen molar-refractivity contribution in [2.75, 3.05) is 24.2 Å². The van der Waals surface area contributed by atoms with Gasteiger partial charge in [0.15, 0.2) is 0 Å². The molecule has 2 aromatic carbocycles. The van der Waals surface area contributed by atoms with Crippen molar-refractivity contribution in [3.05, 3.63) is 59.7 Å². The summed E-state index contributed by atoms with van der Waals surface area (Å²) in [6, 6.07) is 15.5. The Morgan fingerprint density at radius 1 is 1.15 bits per heavy atom. The number of anilines is 1. The van der Waals surface area contributed by atoms with Crippen LogP contribution >= 0.6 is 0 Å². The van der Waals surface area contributed by atoms with E-state index in [2.05, 4.69) is 5.32 Å². The largest absolute Gasteiger partial charge is 0.497 e. The van der Waals surface area contributed by atoms with Crippen LogP contribution in [0.3, 0.4) is 0 Å². The molecule has 0 saturated carbocycles. The predicted octanol–water partition coefficient (Wildman–Crippen LogP) is 2.04. The van der Waals surface area contributed by atoms with Crippen molar-refractivity contribution < 1.29 is 17.9 Å². The van der Waals surface area contributed by atoms with Gasteiger partial charge in [-0.2, -0.15) is 5.26 Å². The van der Waals surface area contributed by atoms with E-state index in [0.717, 1.165) is 21.9 Å². The molecule has 0 saturated heterocycles. The molecule has 0 aliphatic carbocycles. The van der Waals surface area contributed by atoms with Crippen molar-refractivity contribution in [2.24, 2.45) is 0 Å². The first-order valence-electron chi connectivity index (χ1n) is 8.21. The Morgan fingerprint density at radius 2 is 1.78 bits per heavy atom. The van der Waals surface area contributed by atoms with Crippen molar-refractivity contribution >= 4 is 21.6 Å². The molecule has 0 aromatic heterocycles. The molecule has 0 spiro atoms. The molecule has 0 fully saturated rings. The third-order valence-electron chi connectivity index (χ3n) is 3.88. The molecule has 0 radical (unpaired) electrons. The normalized spacial score (nSPS) is 10.7. The Labute approximate surface area is 159 Å². The van der Waals surface area contributed by atoms with Gasteiger partial charge in [-0.05, 0) is 42.0 Å². The van der Waals surface area contributed by atoms with E-state index in [1.165, 1.54) is 12.1 Å². The van der Waals surface area contributed by atoms with Crippen LogP contribution in [0.5, 0.6) is 5.75 Å². The molecular formula is C19H21N3O4S. The van der Waals surface area contributed by atoms with Gasteiger partial charge in [-0.25, -0.2) is 8.42 Å². The third-order valence-corrected chi connectivity index (χ3v) is 5.07. The number of carbonyl (C=O) groups is 1. The fraction of sp³-hybridized carbons (Fsp3) is 0.263. The SMILES string of the molecule is COc1ccc(CNC(=O)CCN(c2ccc(C#N)cc2)S(C)(=O)=O)cc1. The molecule has 27 heavy (non-hydrogen) atoms. The number of rotatable bonds is 8. The quantitative estimate of drug-likeness (QED) is 0.747. The molecule has 1 amide bonds. The zero-order chi connectivity index (χ0) is 19.9. The minimum Gasteiger partial charge on any atom is -0.497 e. The van der Waals surface area contributed by atoms with Crippen LogP contribution in [0.15, 0.2) is 48.5 Å². The molecule has 2 aromatic rings. The van der Waals surface area contributed by atoms with Crippen LogP contribution in [0.4, 0.5) is 5.69 Å². The van der Waals surface area contributed by atoms with Gasteiger partial charge in [-0.15, -0.1) is 0 Å². The van der Waals surface area contributed by atoms with Crippen LogP contribution in [-0.4, -0.2) is 34.2 Å². The topological polar surface area (TPSA) is 99.5 Å². The summed E-state index contributed by atoms with van der Waals surface area (Å²) in [5.74, 6) is 0.476. The fourth-order valence-electron chi connectivity index (χ4n) is 2.42. The van der Waals surface area contributed by atoms with Gasteiger partial charge in [0.2, 0.25) is 15.9 Å². The first-order valence-corrected chi connectivity index (χ1v) is 10.1. The van der Waals surface area contributed by atoms with Gasteiger partial charge in [0.1, 0.15) is 5.75 Å². The number of carbonyl (C=O) groups excluding carboxylic acids is 1. The molecule has 2 rings (SSSR count). The average Bonchev–Trinajstić information content (AvgIpc) is 2.66. The van der Waals surface area contributed by atoms with Gasteiger partial charge >= 0.3 is 0 Å². The van der Waals surface area contributed by atoms with Crippen LogP contribution in [0.25, 0.3) is 0 Å². The second-order valence-electron chi connectivity index (χ2n) is 5.87. The van der Waals surface area contributed by atoms with Crippen LogP contribution in [-0.2, 0) is 21.4 Å². The number of amides is 1. The van der Waals surface area contributed by atoms with Gasteiger partial charge < -0.3 is 10.1 Å². The molecule has 0 unspecified atom stereocenters. The highest BCUT2D eigenvalue weighted by Crippen LogP contribution is 2.18.